The molecular formula is C34H8F2N8. The van der Waals surface area contributed by atoms with E-state index in [1.807, 2.05) is 36.4 Å². The van der Waals surface area contributed by atoms with E-state index in [1.165, 1.54) is 48.5 Å². The first-order chi connectivity index (χ1) is 21.3. The number of hydrogen-bond donors (Lipinski definition) is 0. The van der Waals surface area contributed by atoms with Gasteiger partial charge in [-0.05, 0) is 70.8 Å². The zero-order valence-electron chi connectivity index (χ0n) is 22.0. The Hall–Kier alpha value is -7.60. The Balaban J connectivity index is 1.88. The molecule has 0 spiro atoms. The quantitative estimate of drug-likeness (QED) is 0.315. The molecule has 44 heavy (non-hydrogen) atoms. The van der Waals surface area contributed by atoms with E-state index in [9.17, 15) is 42.1 Å². The minimum atomic E-state index is -1.09. The predicted molar refractivity (Wildman–Crippen MR) is 150 cm³/mol. The molecule has 3 aromatic carbocycles. The average molecular weight is 566 g/mol. The van der Waals surface area contributed by atoms with Crippen molar-refractivity contribution in [2.75, 3.05) is 0 Å². The zero-order valence-corrected chi connectivity index (χ0v) is 22.0. The third kappa shape index (κ3) is 4.13. The molecule has 2 aliphatic rings. The van der Waals surface area contributed by atoms with Gasteiger partial charge in [0.15, 0.2) is 11.7 Å². The molecule has 0 aliphatic heterocycles. The lowest BCUT2D eigenvalue weighted by Crippen LogP contribution is -1.96. The number of hydrogen-bond acceptors (Lipinski definition) is 8. The van der Waals surface area contributed by atoms with Crippen molar-refractivity contribution >= 4 is 33.4 Å². The predicted octanol–water partition coefficient (Wildman–Crippen LogP) is 6.48. The minimum absolute atomic E-state index is 0.0197. The van der Waals surface area contributed by atoms with Crippen LogP contribution in [0, 0.1) is 90.6 Å². The number of rotatable bonds is 2. The topological polar surface area (TPSA) is 190 Å². The van der Waals surface area contributed by atoms with Crippen LogP contribution in [0.25, 0.3) is 33.4 Å². The molecule has 198 valence electrons. The molecule has 10 heteroatoms. The van der Waals surface area contributed by atoms with Crippen LogP contribution in [0.2, 0.25) is 0 Å². The van der Waals surface area contributed by atoms with Crippen LogP contribution in [0.1, 0.15) is 55.6 Å². The first-order valence-corrected chi connectivity index (χ1v) is 12.3. The van der Waals surface area contributed by atoms with E-state index in [4.69, 9.17) is 0 Å². The summed E-state index contributed by atoms with van der Waals surface area (Å²) in [5.74, 6) is -2.17. The molecule has 8 nitrogen and oxygen atoms in total. The maximum atomic E-state index is 16.0. The highest BCUT2D eigenvalue weighted by Crippen LogP contribution is 2.52. The van der Waals surface area contributed by atoms with E-state index in [0.29, 0.717) is 0 Å². The molecule has 0 unspecified atom stereocenters. The van der Waals surface area contributed by atoms with Crippen molar-refractivity contribution < 1.29 is 8.78 Å². The summed E-state index contributed by atoms with van der Waals surface area (Å²) in [5.41, 5.74) is -2.28. The molecule has 2 aliphatic carbocycles. The Morgan fingerprint density at radius 2 is 0.727 bits per heavy atom. The van der Waals surface area contributed by atoms with Gasteiger partial charge in [0, 0.05) is 22.3 Å². The van der Waals surface area contributed by atoms with Crippen molar-refractivity contribution in [3.8, 4) is 48.6 Å². The lowest BCUT2D eigenvalue weighted by atomic mass is 9.89. The third-order valence-electron chi connectivity index (χ3n) is 7.02. The van der Waals surface area contributed by atoms with Crippen LogP contribution in [0.3, 0.4) is 0 Å². The van der Waals surface area contributed by atoms with Crippen LogP contribution in [0.4, 0.5) is 8.78 Å². The molecule has 3 aromatic rings. The summed E-state index contributed by atoms with van der Waals surface area (Å²) in [5, 5.41) is 77.6. The number of allylic oxidation sites excluding steroid dienone is 8. The van der Waals surface area contributed by atoms with E-state index < -0.39 is 22.8 Å². The van der Waals surface area contributed by atoms with Crippen LogP contribution < -0.4 is 0 Å². The van der Waals surface area contributed by atoms with Crippen LogP contribution in [0.15, 0.2) is 60.2 Å². The molecular weight excluding hydrogens is 558 g/mol. The van der Waals surface area contributed by atoms with Gasteiger partial charge in [0.1, 0.15) is 24.3 Å². The second kappa shape index (κ2) is 10.8. The Labute approximate surface area is 248 Å². The third-order valence-corrected chi connectivity index (χ3v) is 7.02. The summed E-state index contributed by atoms with van der Waals surface area (Å²) >= 11 is 0. The maximum Gasteiger partial charge on any atom is 0.150 e. The fourth-order valence-corrected chi connectivity index (χ4v) is 5.19. The molecule has 0 N–H and O–H groups in total. The number of nitrogens with zero attached hydrogens (tertiary/aromatic N) is 8. The van der Waals surface area contributed by atoms with Gasteiger partial charge in [0.2, 0.25) is 0 Å². The Morgan fingerprint density at radius 1 is 0.409 bits per heavy atom. The van der Waals surface area contributed by atoms with Gasteiger partial charge in [0.05, 0.1) is 68.8 Å². The first kappa shape index (κ1) is 27.9. The smallest absolute Gasteiger partial charge is 0.150 e. The number of nitriles is 8. The second-order valence-corrected chi connectivity index (χ2v) is 9.31. The van der Waals surface area contributed by atoms with Crippen molar-refractivity contribution in [1.82, 2.24) is 0 Å². The molecule has 5 rings (SSSR count). The molecule has 0 heterocycles. The maximum absolute atomic E-state index is 16.0. The molecule has 0 fully saturated rings. The minimum Gasteiger partial charge on any atom is -0.205 e. The second-order valence-electron chi connectivity index (χ2n) is 9.31. The molecule has 0 bridgehead atoms. The van der Waals surface area contributed by atoms with Crippen molar-refractivity contribution in [3.05, 3.63) is 116 Å². The van der Waals surface area contributed by atoms with E-state index in [-0.39, 0.29) is 77.9 Å². The SMILES string of the molecule is N#CC1=C(F)/C(=C(\C#N)c2cc(C#N)cc(C#N)c2)c2cc3c(cc21)/C(=C(/C#N)c1cc(C#N)cc(C#N)c1)C(F)=C3C#N. The van der Waals surface area contributed by atoms with Crippen LogP contribution in [-0.4, -0.2) is 0 Å². The summed E-state index contributed by atoms with van der Waals surface area (Å²) in [6, 6.07) is 24.9. The summed E-state index contributed by atoms with van der Waals surface area (Å²) in [6.45, 7) is 0. The van der Waals surface area contributed by atoms with Gasteiger partial charge < -0.3 is 0 Å². The average Bonchev–Trinajstić information content (AvgIpc) is 3.48. The lowest BCUT2D eigenvalue weighted by Gasteiger charge is -2.12. The van der Waals surface area contributed by atoms with E-state index in [0.717, 1.165) is 0 Å². The fraction of sp³-hybridized carbons (Fsp3) is 0. The van der Waals surface area contributed by atoms with Gasteiger partial charge in [-0.1, -0.05) is 0 Å². The lowest BCUT2D eigenvalue weighted by molar-refractivity contribution is 0.682. The summed E-state index contributed by atoms with van der Waals surface area (Å²) in [6.07, 6.45) is 0. The molecule has 0 saturated heterocycles. The summed E-state index contributed by atoms with van der Waals surface area (Å²) in [7, 11) is 0. The van der Waals surface area contributed by atoms with Crippen molar-refractivity contribution in [3.63, 3.8) is 0 Å². The summed E-state index contributed by atoms with van der Waals surface area (Å²) in [4.78, 5) is 0. The van der Waals surface area contributed by atoms with Gasteiger partial charge in [-0.3, -0.25) is 0 Å². The zero-order chi connectivity index (χ0) is 31.7. The molecule has 0 amide bonds. The Kier molecular flexibility index (Phi) is 6.83. The Bertz CT molecular complexity index is 2150. The van der Waals surface area contributed by atoms with E-state index in [2.05, 4.69) is 0 Å². The van der Waals surface area contributed by atoms with Gasteiger partial charge in [-0.25, -0.2) is 8.78 Å². The number of fused-ring (bicyclic) bond motifs is 2. The van der Waals surface area contributed by atoms with Gasteiger partial charge in [-0.15, -0.1) is 0 Å². The molecule has 0 saturated carbocycles. The molecule has 0 aromatic heterocycles. The summed E-state index contributed by atoms with van der Waals surface area (Å²) < 4.78 is 31.9. The molecule has 0 radical (unpaired) electrons. The van der Waals surface area contributed by atoms with Crippen LogP contribution in [-0.2, 0) is 0 Å². The van der Waals surface area contributed by atoms with Crippen LogP contribution >= 0.6 is 0 Å². The number of halogens is 2. The van der Waals surface area contributed by atoms with E-state index in [1.54, 1.807) is 12.1 Å². The highest BCUT2D eigenvalue weighted by molar-refractivity contribution is 6.18. The van der Waals surface area contributed by atoms with Crippen molar-refractivity contribution in [1.29, 1.82) is 42.1 Å². The molecule has 0 atom stereocenters. The first-order valence-electron chi connectivity index (χ1n) is 12.3. The van der Waals surface area contributed by atoms with E-state index >= 15 is 8.78 Å². The van der Waals surface area contributed by atoms with Gasteiger partial charge >= 0.3 is 0 Å². The van der Waals surface area contributed by atoms with Gasteiger partial charge in [-0.2, -0.15) is 42.1 Å². The monoisotopic (exact) mass is 566 g/mol. The van der Waals surface area contributed by atoms with Gasteiger partial charge in [0.25, 0.3) is 0 Å². The van der Waals surface area contributed by atoms with Crippen molar-refractivity contribution in [2.45, 2.75) is 0 Å². The van der Waals surface area contributed by atoms with Crippen LogP contribution in [0.5, 0.6) is 0 Å². The Morgan fingerprint density at radius 3 is 0.977 bits per heavy atom. The number of benzene rings is 3. The fourth-order valence-electron chi connectivity index (χ4n) is 5.19. The van der Waals surface area contributed by atoms with Crippen molar-refractivity contribution in [2.24, 2.45) is 0 Å². The highest BCUT2D eigenvalue weighted by Gasteiger charge is 2.37. The standard InChI is InChI=1S/C34H8F2N8/c35-33-29(15-43)23-8-26-24(7-25(23)31(33)27(13-41)21-3-17(9-37)1-18(4-21)10-38)30(16-44)34(36)32(26)28(14-42)22-5-19(11-39)2-20(6-22)12-40/h1-8H/b31-27+,32-28+. The largest absolute Gasteiger partial charge is 0.205 e. The normalized spacial score (nSPS) is 14.8. The highest BCUT2D eigenvalue weighted by atomic mass is 19.1.